The maximum Gasteiger partial charge on any atom is 0.202 e. The van der Waals surface area contributed by atoms with E-state index in [0.717, 1.165) is 39.1 Å². The molecular weight excluding hydrogens is 432 g/mol. The minimum absolute atomic E-state index is 0. The van der Waals surface area contributed by atoms with E-state index in [4.69, 9.17) is 17.0 Å². The molecule has 0 spiro atoms. The number of rotatable bonds is 4. The fourth-order valence-corrected chi connectivity index (χ4v) is 1.66. The van der Waals surface area contributed by atoms with Crippen LogP contribution in [0.25, 0.3) is 0 Å². The first kappa shape index (κ1) is 23.7. The molecule has 1 fully saturated rings. The second-order valence-electron chi connectivity index (χ2n) is 4.08. The molecule has 18 heavy (non-hydrogen) atoms. The molecule has 1 saturated heterocycles. The lowest BCUT2D eigenvalue weighted by Gasteiger charge is -2.32. The number of nitrogens with one attached hydrogen (secondary N) is 1. The number of hydrogen-bond acceptors (Lipinski definition) is 4. The molecule has 1 aliphatic heterocycles. The smallest absolute Gasteiger partial charge is 0.202 e. The van der Waals surface area contributed by atoms with E-state index in [1.165, 1.54) is 5.01 Å². The molecule has 0 radical (unpaired) electrons. The molecule has 0 saturated carbocycles. The van der Waals surface area contributed by atoms with Crippen molar-refractivity contribution >= 4 is 56.9 Å². The van der Waals surface area contributed by atoms with Gasteiger partial charge < -0.3 is 15.5 Å². The number of halogens is 3. The molecule has 0 aromatic rings. The predicted octanol–water partition coefficient (Wildman–Crippen LogP) is 0.427. The van der Waals surface area contributed by atoms with Crippen LogP contribution in [0.3, 0.4) is 0 Å². The van der Waals surface area contributed by atoms with E-state index in [9.17, 15) is 0 Å². The Morgan fingerprint density at radius 3 is 2.11 bits per heavy atom. The zero-order valence-electron chi connectivity index (χ0n) is 10.7. The van der Waals surface area contributed by atoms with Crippen LogP contribution >= 0.6 is 50.9 Å². The number of guanidine groups is 1. The molecule has 9 heteroatoms. The van der Waals surface area contributed by atoms with Crippen molar-refractivity contribution in [3.63, 3.8) is 0 Å². The van der Waals surface area contributed by atoms with Gasteiger partial charge in [0.25, 0.3) is 0 Å². The second-order valence-corrected chi connectivity index (χ2v) is 4.08. The van der Waals surface area contributed by atoms with Crippen molar-refractivity contribution in [2.24, 2.45) is 11.6 Å². The van der Waals surface area contributed by atoms with Crippen molar-refractivity contribution < 1.29 is 0 Å². The molecule has 112 valence electrons. The van der Waals surface area contributed by atoms with E-state index < -0.39 is 0 Å². The molecule has 0 aromatic carbocycles. The zero-order chi connectivity index (χ0) is 11.3. The first-order valence-corrected chi connectivity index (χ1v) is 5.37. The van der Waals surface area contributed by atoms with Crippen LogP contribution in [0.15, 0.2) is 0 Å². The zero-order valence-corrected chi connectivity index (χ0v) is 15.8. The number of nitrogens with zero attached hydrogens (tertiary/aromatic N) is 3. The Morgan fingerprint density at radius 1 is 1.17 bits per heavy atom. The van der Waals surface area contributed by atoms with E-state index in [1.807, 2.05) is 0 Å². The van der Waals surface area contributed by atoms with Crippen LogP contribution in [0.2, 0.25) is 0 Å². The predicted molar refractivity (Wildman–Crippen MR) is 92.3 cm³/mol. The van der Waals surface area contributed by atoms with E-state index in [2.05, 4.69) is 16.8 Å². The molecule has 5 N–H and O–H groups in total. The number of hydrazine groups is 1. The first-order valence-electron chi connectivity index (χ1n) is 5.37. The Hall–Kier alpha value is 0.590. The van der Waals surface area contributed by atoms with Gasteiger partial charge in [-0.15, -0.1) is 50.9 Å². The molecule has 1 rings (SSSR count). The second kappa shape index (κ2) is 12.6. The van der Waals surface area contributed by atoms with Crippen molar-refractivity contribution in [3.05, 3.63) is 0 Å². The molecule has 0 atom stereocenters. The molecule has 1 heterocycles. The highest BCUT2D eigenvalue weighted by molar-refractivity contribution is 8.93. The lowest BCUT2D eigenvalue weighted by atomic mass is 10.3. The third-order valence-corrected chi connectivity index (χ3v) is 2.78. The van der Waals surface area contributed by atoms with Crippen molar-refractivity contribution in [3.8, 4) is 0 Å². The van der Waals surface area contributed by atoms with Crippen molar-refractivity contribution in [1.29, 1.82) is 5.41 Å². The van der Waals surface area contributed by atoms with Gasteiger partial charge in [0, 0.05) is 32.7 Å². The maximum absolute atomic E-state index is 7.11. The monoisotopic (exact) mass is 454 g/mol. The molecule has 0 aromatic heterocycles. The minimum atomic E-state index is -0.0617. The third-order valence-electron chi connectivity index (χ3n) is 2.78. The van der Waals surface area contributed by atoms with E-state index in [1.54, 1.807) is 0 Å². The highest BCUT2D eigenvalue weighted by Gasteiger charge is 2.13. The van der Waals surface area contributed by atoms with Gasteiger partial charge in [-0.1, -0.05) is 0 Å². The molecular formula is C9H25Br3N6. The summed E-state index contributed by atoms with van der Waals surface area (Å²) in [6.45, 7) is 6.22. The van der Waals surface area contributed by atoms with Crippen LogP contribution in [0.1, 0.15) is 6.42 Å². The van der Waals surface area contributed by atoms with Crippen LogP contribution in [-0.2, 0) is 0 Å². The fourth-order valence-electron chi connectivity index (χ4n) is 1.66. The van der Waals surface area contributed by atoms with Gasteiger partial charge in [-0.25, -0.2) is 5.84 Å². The normalized spacial score (nSPS) is 15.9. The van der Waals surface area contributed by atoms with Gasteiger partial charge in [-0.3, -0.25) is 10.4 Å². The Balaban J connectivity index is -0.000000750. The van der Waals surface area contributed by atoms with Gasteiger partial charge >= 0.3 is 0 Å². The number of nitrogens with two attached hydrogens (primary N) is 2. The minimum Gasteiger partial charge on any atom is -0.369 e. The van der Waals surface area contributed by atoms with Gasteiger partial charge in [0.05, 0.1) is 0 Å². The lowest BCUT2D eigenvalue weighted by molar-refractivity contribution is 0.150. The summed E-state index contributed by atoms with van der Waals surface area (Å²) in [7, 11) is 2.15. The van der Waals surface area contributed by atoms with E-state index >= 15 is 0 Å². The van der Waals surface area contributed by atoms with Crippen molar-refractivity contribution in [2.45, 2.75) is 6.42 Å². The summed E-state index contributed by atoms with van der Waals surface area (Å²) in [5.74, 6) is 5.45. The third kappa shape index (κ3) is 9.51. The highest BCUT2D eigenvalue weighted by Crippen LogP contribution is 2.00. The quantitative estimate of drug-likeness (QED) is 0.247. The van der Waals surface area contributed by atoms with E-state index in [0.29, 0.717) is 6.54 Å². The van der Waals surface area contributed by atoms with Gasteiger partial charge in [0.2, 0.25) is 5.96 Å². The molecule has 0 bridgehead atoms. The summed E-state index contributed by atoms with van der Waals surface area (Å²) in [4.78, 5) is 4.76. The molecule has 0 unspecified atom stereocenters. The lowest BCUT2D eigenvalue weighted by Crippen LogP contribution is -2.46. The Labute approximate surface area is 141 Å². The van der Waals surface area contributed by atoms with Gasteiger partial charge in [0.15, 0.2) is 0 Å². The average molecular weight is 457 g/mol. The summed E-state index contributed by atoms with van der Waals surface area (Å²) in [6.07, 6.45) is 0.958. The standard InChI is InChI=1S/C9H22N6.3BrH/c1-13-5-7-14(8-6-13)3-2-4-15(12)9(10)11;;;/h2-8,12H2,1H3,(H3,10,11);3*1H. The molecule has 6 nitrogen and oxygen atoms in total. The summed E-state index contributed by atoms with van der Waals surface area (Å²) < 4.78 is 0. The summed E-state index contributed by atoms with van der Waals surface area (Å²) >= 11 is 0. The SMILES string of the molecule is Br.Br.Br.CN1CCN(CCCN(N)C(=N)N)CC1. The van der Waals surface area contributed by atoms with Crippen LogP contribution in [0, 0.1) is 5.41 Å². The maximum atomic E-state index is 7.11. The number of piperazine rings is 1. The Morgan fingerprint density at radius 2 is 1.67 bits per heavy atom. The average Bonchev–Trinajstić information content (AvgIpc) is 2.20. The first-order chi connectivity index (χ1) is 7.09. The molecule has 0 amide bonds. The largest absolute Gasteiger partial charge is 0.369 e. The van der Waals surface area contributed by atoms with Crippen LogP contribution in [0.5, 0.6) is 0 Å². The van der Waals surface area contributed by atoms with E-state index in [-0.39, 0.29) is 56.9 Å². The van der Waals surface area contributed by atoms with Crippen LogP contribution in [-0.4, -0.2) is 67.1 Å². The molecule has 0 aliphatic carbocycles. The van der Waals surface area contributed by atoms with Gasteiger partial charge in [0.1, 0.15) is 0 Å². The Bertz CT molecular complexity index is 210. The van der Waals surface area contributed by atoms with Gasteiger partial charge in [-0.05, 0) is 20.0 Å². The van der Waals surface area contributed by atoms with Crippen LogP contribution in [0.4, 0.5) is 0 Å². The fraction of sp³-hybridized carbons (Fsp3) is 0.889. The van der Waals surface area contributed by atoms with Crippen LogP contribution < -0.4 is 11.6 Å². The highest BCUT2D eigenvalue weighted by atomic mass is 79.9. The van der Waals surface area contributed by atoms with Crippen molar-refractivity contribution in [2.75, 3.05) is 46.3 Å². The topological polar surface area (TPSA) is 85.6 Å². The summed E-state index contributed by atoms with van der Waals surface area (Å²) in [5, 5.41) is 8.40. The number of hydrogen-bond donors (Lipinski definition) is 3. The van der Waals surface area contributed by atoms with Gasteiger partial charge in [-0.2, -0.15) is 0 Å². The summed E-state index contributed by atoms with van der Waals surface area (Å²) in [5.41, 5.74) is 5.24. The van der Waals surface area contributed by atoms with Crippen molar-refractivity contribution in [1.82, 2.24) is 14.8 Å². The molecule has 1 aliphatic rings. The summed E-state index contributed by atoms with van der Waals surface area (Å²) in [6, 6.07) is 0. The Kier molecular flexibility index (Phi) is 16.6. The number of likely N-dealkylation sites (N-methyl/N-ethyl adjacent to an activating group) is 1.